The van der Waals surface area contributed by atoms with Gasteiger partial charge in [0.1, 0.15) is 0 Å². The zero-order chi connectivity index (χ0) is 14.8. The fourth-order valence-corrected chi connectivity index (χ4v) is 2.96. The maximum absolute atomic E-state index is 11.6. The van der Waals surface area contributed by atoms with Gasteiger partial charge in [-0.05, 0) is 66.7 Å². The van der Waals surface area contributed by atoms with Crippen molar-refractivity contribution in [2.24, 2.45) is 11.3 Å². The zero-order valence-electron chi connectivity index (χ0n) is 13.2. The number of ether oxygens (including phenoxy) is 1. The summed E-state index contributed by atoms with van der Waals surface area (Å²) in [6.07, 6.45) is 6.08. The second kappa shape index (κ2) is 5.99. The lowest BCUT2D eigenvalue weighted by atomic mass is 9.78. The first kappa shape index (κ1) is 15.1. The molecule has 2 heteroatoms. The Balaban J connectivity index is 2.06. The Bertz CT molecular complexity index is 483. The van der Waals surface area contributed by atoms with Gasteiger partial charge in [0.15, 0.2) is 0 Å². The molecule has 110 valence electrons. The van der Waals surface area contributed by atoms with E-state index in [1.807, 2.05) is 12.1 Å². The van der Waals surface area contributed by atoms with Crippen molar-refractivity contribution in [1.82, 2.24) is 0 Å². The third kappa shape index (κ3) is 3.84. The second-order valence-corrected chi connectivity index (χ2v) is 7.18. The molecule has 0 spiro atoms. The van der Waals surface area contributed by atoms with Gasteiger partial charge in [-0.15, -0.1) is 0 Å². The van der Waals surface area contributed by atoms with E-state index in [0.717, 1.165) is 18.8 Å². The number of rotatable bonds is 3. The van der Waals surface area contributed by atoms with Crippen LogP contribution in [0.5, 0.6) is 0 Å². The third-order valence-electron chi connectivity index (χ3n) is 4.26. The van der Waals surface area contributed by atoms with Crippen LogP contribution >= 0.6 is 0 Å². The van der Waals surface area contributed by atoms with E-state index in [1.54, 1.807) is 0 Å². The minimum atomic E-state index is -0.232. The van der Waals surface area contributed by atoms with Crippen molar-refractivity contribution >= 4 is 5.97 Å². The van der Waals surface area contributed by atoms with E-state index < -0.39 is 0 Å². The molecule has 0 heterocycles. The van der Waals surface area contributed by atoms with E-state index in [0.29, 0.717) is 11.0 Å². The number of carbonyl (C=O) groups excluding carboxylic acids is 1. The lowest BCUT2D eigenvalue weighted by molar-refractivity contribution is 0.0600. The first-order valence-corrected chi connectivity index (χ1v) is 7.59. The predicted octanol–water partition coefficient (Wildman–Crippen LogP) is 4.40. The van der Waals surface area contributed by atoms with Crippen LogP contribution in [0.4, 0.5) is 0 Å². The van der Waals surface area contributed by atoms with Gasteiger partial charge in [-0.2, -0.15) is 0 Å². The van der Waals surface area contributed by atoms with Crippen molar-refractivity contribution < 1.29 is 9.53 Å². The molecule has 2 rings (SSSR count). The van der Waals surface area contributed by atoms with E-state index in [2.05, 4.69) is 26.8 Å². The molecular formula is C18H26O2. The molecule has 0 aromatic heterocycles. The molecule has 20 heavy (non-hydrogen) atoms. The molecule has 0 amide bonds. The topological polar surface area (TPSA) is 26.3 Å². The van der Waals surface area contributed by atoms with Crippen LogP contribution in [0.15, 0.2) is 18.2 Å². The molecule has 0 unspecified atom stereocenters. The molecule has 1 aromatic carbocycles. The normalized spacial score (nSPS) is 18.5. The van der Waals surface area contributed by atoms with Crippen molar-refractivity contribution in [2.45, 2.75) is 52.9 Å². The SMILES string of the molecule is COC(=O)c1ccc2c(c1)C[C@@H](CCC(C)(C)C)CC2. The van der Waals surface area contributed by atoms with Crippen molar-refractivity contribution in [2.75, 3.05) is 7.11 Å². The Kier molecular flexibility index (Phi) is 4.52. The molecule has 1 aliphatic rings. The summed E-state index contributed by atoms with van der Waals surface area (Å²) >= 11 is 0. The number of benzene rings is 1. The number of methoxy groups -OCH3 is 1. The Hall–Kier alpha value is -1.31. The summed E-state index contributed by atoms with van der Waals surface area (Å²) < 4.78 is 4.81. The summed E-state index contributed by atoms with van der Waals surface area (Å²) in [4.78, 5) is 11.6. The summed E-state index contributed by atoms with van der Waals surface area (Å²) in [6.45, 7) is 6.91. The van der Waals surface area contributed by atoms with Gasteiger partial charge in [-0.3, -0.25) is 0 Å². The zero-order valence-corrected chi connectivity index (χ0v) is 13.2. The van der Waals surface area contributed by atoms with E-state index in [4.69, 9.17) is 4.74 Å². The summed E-state index contributed by atoms with van der Waals surface area (Å²) in [7, 11) is 1.44. The van der Waals surface area contributed by atoms with Crippen LogP contribution in [0.3, 0.4) is 0 Å². The summed E-state index contributed by atoms with van der Waals surface area (Å²) in [5.41, 5.74) is 3.85. The van der Waals surface area contributed by atoms with E-state index in [9.17, 15) is 4.79 Å². The minimum Gasteiger partial charge on any atom is -0.465 e. The van der Waals surface area contributed by atoms with E-state index in [1.165, 1.54) is 37.5 Å². The van der Waals surface area contributed by atoms with Gasteiger partial charge in [-0.25, -0.2) is 4.79 Å². The monoisotopic (exact) mass is 274 g/mol. The first-order valence-electron chi connectivity index (χ1n) is 7.59. The first-order chi connectivity index (χ1) is 9.39. The molecule has 1 aliphatic carbocycles. The van der Waals surface area contributed by atoms with Crippen molar-refractivity contribution in [3.8, 4) is 0 Å². The molecule has 2 nitrogen and oxygen atoms in total. The molecule has 0 saturated heterocycles. The highest BCUT2D eigenvalue weighted by Gasteiger charge is 2.22. The summed E-state index contributed by atoms with van der Waals surface area (Å²) in [6, 6.07) is 6.02. The predicted molar refractivity (Wildman–Crippen MR) is 82.0 cm³/mol. The molecule has 0 aliphatic heterocycles. The Labute approximate surface area is 122 Å². The number of esters is 1. The van der Waals surface area contributed by atoms with Crippen LogP contribution in [0.1, 0.15) is 61.5 Å². The average Bonchev–Trinajstić information content (AvgIpc) is 2.42. The Morgan fingerprint density at radius 2 is 2.05 bits per heavy atom. The van der Waals surface area contributed by atoms with Gasteiger partial charge in [0.05, 0.1) is 12.7 Å². The summed E-state index contributed by atoms with van der Waals surface area (Å²) in [5, 5.41) is 0. The largest absolute Gasteiger partial charge is 0.465 e. The van der Waals surface area contributed by atoms with Crippen LogP contribution in [0.2, 0.25) is 0 Å². The minimum absolute atomic E-state index is 0.232. The Morgan fingerprint density at radius 1 is 1.30 bits per heavy atom. The maximum atomic E-state index is 11.6. The van der Waals surface area contributed by atoms with Gasteiger partial charge in [-0.1, -0.05) is 26.8 Å². The number of carbonyl (C=O) groups is 1. The van der Waals surface area contributed by atoms with Crippen LogP contribution in [-0.4, -0.2) is 13.1 Å². The van der Waals surface area contributed by atoms with Gasteiger partial charge in [0.25, 0.3) is 0 Å². The number of hydrogen-bond donors (Lipinski definition) is 0. The fraction of sp³-hybridized carbons (Fsp3) is 0.611. The van der Waals surface area contributed by atoms with Crippen molar-refractivity contribution in [3.63, 3.8) is 0 Å². The average molecular weight is 274 g/mol. The smallest absolute Gasteiger partial charge is 0.337 e. The van der Waals surface area contributed by atoms with Gasteiger partial charge >= 0.3 is 5.97 Å². The van der Waals surface area contributed by atoms with Crippen LogP contribution < -0.4 is 0 Å². The molecule has 1 atom stereocenters. The Morgan fingerprint density at radius 3 is 2.70 bits per heavy atom. The van der Waals surface area contributed by atoms with Crippen LogP contribution in [0.25, 0.3) is 0 Å². The molecular weight excluding hydrogens is 248 g/mol. The lowest BCUT2D eigenvalue weighted by Gasteiger charge is -2.28. The maximum Gasteiger partial charge on any atom is 0.337 e. The second-order valence-electron chi connectivity index (χ2n) is 7.18. The molecule has 0 bridgehead atoms. The van der Waals surface area contributed by atoms with Crippen LogP contribution in [0, 0.1) is 11.3 Å². The molecule has 1 aromatic rings. The molecule has 0 radical (unpaired) electrons. The molecule has 0 N–H and O–H groups in total. The molecule has 0 saturated carbocycles. The van der Waals surface area contributed by atoms with E-state index >= 15 is 0 Å². The number of aryl methyl sites for hydroxylation is 1. The molecule has 0 fully saturated rings. The fourth-order valence-electron chi connectivity index (χ4n) is 2.96. The van der Waals surface area contributed by atoms with Gasteiger partial charge in [0, 0.05) is 0 Å². The van der Waals surface area contributed by atoms with Crippen molar-refractivity contribution in [1.29, 1.82) is 0 Å². The highest BCUT2D eigenvalue weighted by atomic mass is 16.5. The number of fused-ring (bicyclic) bond motifs is 1. The number of hydrogen-bond acceptors (Lipinski definition) is 2. The quantitative estimate of drug-likeness (QED) is 0.763. The van der Waals surface area contributed by atoms with Crippen molar-refractivity contribution in [3.05, 3.63) is 34.9 Å². The highest BCUT2D eigenvalue weighted by molar-refractivity contribution is 5.89. The van der Waals surface area contributed by atoms with Gasteiger partial charge in [0.2, 0.25) is 0 Å². The van der Waals surface area contributed by atoms with E-state index in [-0.39, 0.29) is 5.97 Å². The highest BCUT2D eigenvalue weighted by Crippen LogP contribution is 2.32. The third-order valence-corrected chi connectivity index (χ3v) is 4.26. The van der Waals surface area contributed by atoms with Gasteiger partial charge < -0.3 is 4.74 Å². The summed E-state index contributed by atoms with van der Waals surface area (Å²) in [5.74, 6) is 0.527. The lowest BCUT2D eigenvalue weighted by Crippen LogP contribution is -2.17. The van der Waals surface area contributed by atoms with Crippen LogP contribution in [-0.2, 0) is 17.6 Å². The standard InChI is InChI=1S/C18H26O2/c1-18(2,3)10-9-13-5-6-14-7-8-15(17(19)20-4)12-16(14)11-13/h7-8,12-13H,5-6,9-11H2,1-4H3/t13-/m1/s1.